The van der Waals surface area contributed by atoms with E-state index in [-0.39, 0.29) is 0 Å². The molecule has 2 aromatic rings. The molecular weight excluding hydrogens is 254 g/mol. The Labute approximate surface area is 118 Å². The normalized spacial score (nSPS) is 22.9. The van der Waals surface area contributed by atoms with Gasteiger partial charge in [0.05, 0.1) is 11.7 Å². The summed E-state index contributed by atoms with van der Waals surface area (Å²) in [5.41, 5.74) is 0.831. The summed E-state index contributed by atoms with van der Waals surface area (Å²) in [4.78, 5) is 4.04. The van der Waals surface area contributed by atoms with Gasteiger partial charge in [0.15, 0.2) is 0 Å². The first-order valence-electron chi connectivity index (χ1n) is 7.15. The lowest BCUT2D eigenvalue weighted by Crippen LogP contribution is -2.21. The van der Waals surface area contributed by atoms with Crippen molar-refractivity contribution in [1.82, 2.24) is 15.2 Å². The molecule has 106 valence electrons. The third-order valence-corrected chi connectivity index (χ3v) is 3.71. The van der Waals surface area contributed by atoms with Crippen LogP contribution < -0.4 is 0 Å². The highest BCUT2D eigenvalue weighted by Gasteiger charge is 2.20. The molecule has 20 heavy (non-hydrogen) atoms. The van der Waals surface area contributed by atoms with E-state index in [1.165, 1.54) is 12.8 Å². The maximum absolute atomic E-state index is 5.88. The highest BCUT2D eigenvalue weighted by Crippen LogP contribution is 2.26. The Morgan fingerprint density at radius 1 is 1.35 bits per heavy atom. The molecule has 2 heterocycles. The van der Waals surface area contributed by atoms with Gasteiger partial charge < -0.3 is 9.15 Å². The van der Waals surface area contributed by atoms with Crippen LogP contribution in [-0.2, 0) is 11.3 Å². The molecule has 0 radical (unpaired) electrons. The second-order valence-electron chi connectivity index (χ2n) is 5.45. The summed E-state index contributed by atoms with van der Waals surface area (Å²) in [5.74, 6) is 1.78. The summed E-state index contributed by atoms with van der Waals surface area (Å²) in [6, 6.07) is 3.74. The molecule has 0 spiro atoms. The molecule has 3 rings (SSSR count). The monoisotopic (exact) mass is 273 g/mol. The van der Waals surface area contributed by atoms with Crippen LogP contribution in [0.2, 0.25) is 0 Å². The molecule has 2 atom stereocenters. The fourth-order valence-electron chi connectivity index (χ4n) is 2.64. The van der Waals surface area contributed by atoms with E-state index in [2.05, 4.69) is 22.1 Å². The lowest BCUT2D eigenvalue weighted by atomic mass is 9.89. The number of aromatic nitrogens is 3. The van der Waals surface area contributed by atoms with E-state index < -0.39 is 0 Å². The van der Waals surface area contributed by atoms with Crippen LogP contribution >= 0.6 is 0 Å². The van der Waals surface area contributed by atoms with Gasteiger partial charge in [0.25, 0.3) is 0 Å². The van der Waals surface area contributed by atoms with Gasteiger partial charge in [-0.05, 0) is 30.9 Å². The smallest absolute Gasteiger partial charge is 0.249 e. The van der Waals surface area contributed by atoms with Crippen molar-refractivity contribution >= 4 is 0 Å². The molecule has 2 aromatic heterocycles. The first kappa shape index (κ1) is 13.2. The number of rotatable bonds is 4. The molecular formula is C15H19N3O2. The molecule has 0 N–H and O–H groups in total. The molecule has 1 aliphatic rings. The number of hydrogen-bond acceptors (Lipinski definition) is 5. The van der Waals surface area contributed by atoms with Crippen LogP contribution in [-0.4, -0.2) is 21.3 Å². The van der Waals surface area contributed by atoms with Gasteiger partial charge in [0.1, 0.15) is 6.61 Å². The lowest BCUT2D eigenvalue weighted by Gasteiger charge is -2.26. The Bertz CT molecular complexity index is 541. The van der Waals surface area contributed by atoms with Gasteiger partial charge in [-0.15, -0.1) is 10.2 Å². The molecule has 0 unspecified atom stereocenters. The summed E-state index contributed by atoms with van der Waals surface area (Å²) in [7, 11) is 0. The van der Waals surface area contributed by atoms with E-state index in [1.54, 1.807) is 12.4 Å². The lowest BCUT2D eigenvalue weighted by molar-refractivity contribution is -0.00444. The highest BCUT2D eigenvalue weighted by atomic mass is 16.5. The minimum Gasteiger partial charge on any atom is -0.418 e. The number of hydrogen-bond donors (Lipinski definition) is 0. The molecule has 0 amide bonds. The quantitative estimate of drug-likeness (QED) is 0.855. The van der Waals surface area contributed by atoms with Crippen molar-refractivity contribution < 1.29 is 9.15 Å². The number of pyridine rings is 1. The summed E-state index contributed by atoms with van der Waals surface area (Å²) in [6.45, 7) is 2.67. The van der Waals surface area contributed by atoms with Crippen LogP contribution in [0.1, 0.15) is 38.5 Å². The van der Waals surface area contributed by atoms with E-state index in [1.807, 2.05) is 12.1 Å². The zero-order valence-corrected chi connectivity index (χ0v) is 11.7. The van der Waals surface area contributed by atoms with Crippen LogP contribution in [0.3, 0.4) is 0 Å². The zero-order chi connectivity index (χ0) is 13.8. The van der Waals surface area contributed by atoms with E-state index >= 15 is 0 Å². The first-order valence-corrected chi connectivity index (χ1v) is 7.15. The van der Waals surface area contributed by atoms with Crippen molar-refractivity contribution in [2.75, 3.05) is 0 Å². The molecule has 1 saturated carbocycles. The van der Waals surface area contributed by atoms with Crippen molar-refractivity contribution in [3.63, 3.8) is 0 Å². The molecule has 0 saturated heterocycles. The minimum absolute atomic E-state index is 0.326. The molecule has 0 aromatic carbocycles. The van der Waals surface area contributed by atoms with Crippen molar-refractivity contribution in [2.24, 2.45) is 5.92 Å². The molecule has 0 bridgehead atoms. The van der Waals surface area contributed by atoms with E-state index in [0.29, 0.717) is 24.5 Å². The second kappa shape index (κ2) is 6.13. The minimum atomic E-state index is 0.326. The second-order valence-corrected chi connectivity index (χ2v) is 5.45. The summed E-state index contributed by atoms with van der Waals surface area (Å²) < 4.78 is 11.5. The Kier molecular flexibility index (Phi) is 4.06. The fraction of sp³-hybridized carbons (Fsp3) is 0.533. The molecule has 5 nitrogen and oxygen atoms in total. The first-order chi connectivity index (χ1) is 9.81. The average molecular weight is 273 g/mol. The van der Waals surface area contributed by atoms with Crippen LogP contribution in [0, 0.1) is 5.92 Å². The zero-order valence-electron chi connectivity index (χ0n) is 11.7. The Balaban J connectivity index is 1.58. The van der Waals surface area contributed by atoms with Crippen molar-refractivity contribution in [2.45, 2.75) is 45.3 Å². The van der Waals surface area contributed by atoms with Gasteiger partial charge >= 0.3 is 0 Å². The fourth-order valence-corrected chi connectivity index (χ4v) is 2.64. The van der Waals surface area contributed by atoms with Crippen molar-refractivity contribution in [1.29, 1.82) is 0 Å². The highest BCUT2D eigenvalue weighted by molar-refractivity contribution is 5.49. The third kappa shape index (κ3) is 3.22. The Morgan fingerprint density at radius 2 is 2.30 bits per heavy atom. The van der Waals surface area contributed by atoms with E-state index in [0.717, 1.165) is 24.3 Å². The van der Waals surface area contributed by atoms with Crippen molar-refractivity contribution in [3.05, 3.63) is 30.4 Å². The number of nitrogens with zero attached hydrogens (tertiary/aromatic N) is 3. The molecule has 1 fully saturated rings. The van der Waals surface area contributed by atoms with Crippen LogP contribution in [0.25, 0.3) is 11.5 Å². The molecule has 1 aliphatic carbocycles. The van der Waals surface area contributed by atoms with E-state index in [9.17, 15) is 0 Å². The van der Waals surface area contributed by atoms with Gasteiger partial charge in [-0.1, -0.05) is 19.8 Å². The van der Waals surface area contributed by atoms with Gasteiger partial charge in [0.2, 0.25) is 11.8 Å². The summed E-state index contributed by atoms with van der Waals surface area (Å²) >= 11 is 0. The molecule has 5 heteroatoms. The maximum atomic E-state index is 5.88. The van der Waals surface area contributed by atoms with E-state index in [4.69, 9.17) is 9.15 Å². The largest absolute Gasteiger partial charge is 0.418 e. The number of ether oxygens (including phenoxy) is 1. The van der Waals surface area contributed by atoms with Gasteiger partial charge in [0, 0.05) is 12.4 Å². The topological polar surface area (TPSA) is 61.0 Å². The van der Waals surface area contributed by atoms with Crippen LogP contribution in [0.5, 0.6) is 0 Å². The summed E-state index contributed by atoms with van der Waals surface area (Å²) in [5, 5.41) is 8.06. The third-order valence-electron chi connectivity index (χ3n) is 3.71. The Hall–Kier alpha value is -1.75. The van der Waals surface area contributed by atoms with Crippen LogP contribution in [0.4, 0.5) is 0 Å². The van der Waals surface area contributed by atoms with Gasteiger partial charge in [-0.2, -0.15) is 0 Å². The average Bonchev–Trinajstić information content (AvgIpc) is 2.95. The molecule has 0 aliphatic heterocycles. The predicted octanol–water partition coefficient (Wildman–Crippen LogP) is 3.23. The summed E-state index contributed by atoms with van der Waals surface area (Å²) in [6.07, 6.45) is 8.57. The standard InChI is InChI=1S/C15H19N3O2/c1-11-4-2-6-13(8-11)19-10-14-17-18-15(20-14)12-5-3-7-16-9-12/h3,5,7,9,11,13H,2,4,6,8,10H2,1H3/t11-,13-/m0/s1. The Morgan fingerprint density at radius 3 is 3.10 bits per heavy atom. The van der Waals surface area contributed by atoms with Crippen LogP contribution in [0.15, 0.2) is 28.9 Å². The van der Waals surface area contributed by atoms with Gasteiger partial charge in [-0.3, -0.25) is 4.98 Å². The SMILES string of the molecule is C[C@H]1CCC[C@H](OCc2nnc(-c3cccnc3)o2)C1. The van der Waals surface area contributed by atoms with Gasteiger partial charge in [-0.25, -0.2) is 0 Å². The predicted molar refractivity (Wildman–Crippen MR) is 73.7 cm³/mol. The van der Waals surface area contributed by atoms with Crippen molar-refractivity contribution in [3.8, 4) is 11.5 Å². The maximum Gasteiger partial charge on any atom is 0.249 e.